The van der Waals surface area contributed by atoms with Gasteiger partial charge in [0.25, 0.3) is 5.91 Å². The van der Waals surface area contributed by atoms with Gasteiger partial charge in [-0.25, -0.2) is 10.3 Å². The maximum Gasteiger partial charge on any atom is 0.407 e. The fourth-order valence-electron chi connectivity index (χ4n) is 3.49. The van der Waals surface area contributed by atoms with Crippen molar-refractivity contribution in [1.82, 2.24) is 10.8 Å². The van der Waals surface area contributed by atoms with E-state index in [9.17, 15) is 14.4 Å². The maximum atomic E-state index is 12.3. The Bertz CT molecular complexity index is 868. The summed E-state index contributed by atoms with van der Waals surface area (Å²) >= 11 is 0. The average molecular weight is 398 g/mol. The van der Waals surface area contributed by atoms with Gasteiger partial charge in [0, 0.05) is 12.3 Å². The van der Waals surface area contributed by atoms with Crippen LogP contribution < -0.4 is 10.8 Å². The molecular formula is C21H22N2O6. The highest BCUT2D eigenvalue weighted by Crippen LogP contribution is 2.44. The molecule has 0 fully saturated rings. The molecule has 0 aromatic heterocycles. The first-order valence-corrected chi connectivity index (χ1v) is 9.17. The third-order valence-corrected chi connectivity index (χ3v) is 4.80. The predicted molar refractivity (Wildman–Crippen MR) is 104 cm³/mol. The van der Waals surface area contributed by atoms with Gasteiger partial charge in [-0.05, 0) is 28.7 Å². The minimum Gasteiger partial charge on any atom is -0.481 e. The van der Waals surface area contributed by atoms with Crippen LogP contribution in [-0.2, 0) is 19.2 Å². The number of nitrogens with one attached hydrogen (secondary N) is 2. The summed E-state index contributed by atoms with van der Waals surface area (Å²) in [4.78, 5) is 39.6. The normalized spacial score (nSPS) is 13.1. The Morgan fingerprint density at radius 2 is 1.62 bits per heavy atom. The summed E-state index contributed by atoms with van der Waals surface area (Å²) in [6.45, 7) is 0.0947. The zero-order valence-corrected chi connectivity index (χ0v) is 15.9. The van der Waals surface area contributed by atoms with E-state index in [2.05, 4.69) is 15.6 Å². The quantitative estimate of drug-likeness (QED) is 0.589. The van der Waals surface area contributed by atoms with Crippen LogP contribution in [0.1, 0.15) is 29.9 Å². The second kappa shape index (κ2) is 9.20. The summed E-state index contributed by atoms with van der Waals surface area (Å²) in [7, 11) is 1.25. The van der Waals surface area contributed by atoms with Gasteiger partial charge in [-0.2, -0.15) is 0 Å². The molecule has 3 N–H and O–H groups in total. The molecule has 0 bridgehead atoms. The van der Waals surface area contributed by atoms with Gasteiger partial charge in [-0.15, -0.1) is 0 Å². The molecule has 152 valence electrons. The fourth-order valence-corrected chi connectivity index (χ4v) is 3.49. The number of hydrogen-bond donors (Lipinski definition) is 3. The number of hydrogen-bond acceptors (Lipinski definition) is 5. The van der Waals surface area contributed by atoms with Gasteiger partial charge in [0.2, 0.25) is 0 Å². The number of alkyl carbamates (subject to hydrolysis) is 1. The van der Waals surface area contributed by atoms with Crippen molar-refractivity contribution < 1.29 is 29.1 Å². The topological polar surface area (TPSA) is 114 Å². The Hall–Kier alpha value is -3.39. The molecule has 29 heavy (non-hydrogen) atoms. The zero-order valence-electron chi connectivity index (χ0n) is 15.9. The van der Waals surface area contributed by atoms with Crippen LogP contribution in [0.25, 0.3) is 11.1 Å². The minimum atomic E-state index is -1.08. The van der Waals surface area contributed by atoms with Crippen LogP contribution >= 0.6 is 0 Å². The first-order valence-electron chi connectivity index (χ1n) is 9.17. The van der Waals surface area contributed by atoms with Crippen LogP contribution in [-0.4, -0.2) is 42.8 Å². The average Bonchev–Trinajstić information content (AvgIpc) is 3.03. The van der Waals surface area contributed by atoms with Gasteiger partial charge in [0.05, 0.1) is 7.11 Å². The van der Waals surface area contributed by atoms with Crippen LogP contribution in [0.4, 0.5) is 4.79 Å². The molecule has 0 saturated heterocycles. The molecule has 2 aromatic rings. The standard InChI is InChI=1S/C21H22N2O6/c1-28-23-20(26)18(10-11-19(24)25)22-21(27)29-12-17-15-8-4-2-6-13(15)14-7-3-5-9-16(14)17/h2-9,17-18H,10-12H2,1H3,(H,22,27)(H,23,26)(H,24,25). The molecule has 2 amide bonds. The van der Waals surface area contributed by atoms with E-state index in [0.717, 1.165) is 22.3 Å². The number of benzene rings is 2. The summed E-state index contributed by atoms with van der Waals surface area (Å²) < 4.78 is 5.39. The summed E-state index contributed by atoms with van der Waals surface area (Å²) in [6, 6.07) is 14.8. The van der Waals surface area contributed by atoms with E-state index in [1.54, 1.807) is 0 Å². The lowest BCUT2D eigenvalue weighted by atomic mass is 9.98. The highest BCUT2D eigenvalue weighted by Gasteiger charge is 2.29. The molecular weight excluding hydrogens is 376 g/mol. The fraction of sp³-hybridized carbons (Fsp3) is 0.286. The van der Waals surface area contributed by atoms with E-state index in [-0.39, 0.29) is 25.4 Å². The Kier molecular flexibility index (Phi) is 6.46. The van der Waals surface area contributed by atoms with Crippen LogP contribution in [0.5, 0.6) is 0 Å². The lowest BCUT2D eigenvalue weighted by molar-refractivity contribution is -0.138. The second-order valence-electron chi connectivity index (χ2n) is 6.63. The third-order valence-electron chi connectivity index (χ3n) is 4.80. The number of carbonyl (C=O) groups is 3. The molecule has 1 aliphatic rings. The van der Waals surface area contributed by atoms with Gasteiger partial charge < -0.3 is 15.2 Å². The Morgan fingerprint density at radius 1 is 1.03 bits per heavy atom. The van der Waals surface area contributed by atoms with Crippen molar-refractivity contribution in [3.8, 4) is 11.1 Å². The summed E-state index contributed by atoms with van der Waals surface area (Å²) in [6.07, 6.45) is -1.17. The van der Waals surface area contributed by atoms with Gasteiger partial charge in [0.15, 0.2) is 0 Å². The number of amides is 2. The van der Waals surface area contributed by atoms with Crippen molar-refractivity contribution in [2.75, 3.05) is 13.7 Å². The molecule has 3 rings (SSSR count). The molecule has 0 aliphatic heterocycles. The summed E-state index contributed by atoms with van der Waals surface area (Å²) in [5.41, 5.74) is 6.45. The van der Waals surface area contributed by atoms with Crippen molar-refractivity contribution >= 4 is 18.0 Å². The van der Waals surface area contributed by atoms with Crippen molar-refractivity contribution in [2.45, 2.75) is 24.8 Å². The highest BCUT2D eigenvalue weighted by atomic mass is 16.6. The number of aliphatic carboxylic acids is 1. The monoisotopic (exact) mass is 398 g/mol. The lowest BCUT2D eigenvalue weighted by Gasteiger charge is -2.18. The van der Waals surface area contributed by atoms with E-state index >= 15 is 0 Å². The second-order valence-corrected chi connectivity index (χ2v) is 6.63. The molecule has 0 saturated carbocycles. The molecule has 1 aliphatic carbocycles. The van der Waals surface area contributed by atoms with Crippen molar-refractivity contribution in [3.63, 3.8) is 0 Å². The molecule has 1 atom stereocenters. The molecule has 2 aromatic carbocycles. The van der Waals surface area contributed by atoms with E-state index in [4.69, 9.17) is 9.84 Å². The van der Waals surface area contributed by atoms with Crippen LogP contribution in [0.15, 0.2) is 48.5 Å². The van der Waals surface area contributed by atoms with E-state index in [0.29, 0.717) is 0 Å². The van der Waals surface area contributed by atoms with Gasteiger partial charge in [-0.3, -0.25) is 14.4 Å². The van der Waals surface area contributed by atoms with Gasteiger partial charge in [0.1, 0.15) is 12.6 Å². The Morgan fingerprint density at radius 3 is 2.17 bits per heavy atom. The first-order chi connectivity index (χ1) is 14.0. The zero-order chi connectivity index (χ0) is 20.8. The van der Waals surface area contributed by atoms with Crippen LogP contribution in [0, 0.1) is 0 Å². The maximum absolute atomic E-state index is 12.3. The number of rotatable bonds is 8. The van der Waals surface area contributed by atoms with Crippen LogP contribution in [0.2, 0.25) is 0 Å². The first kappa shape index (κ1) is 20.3. The number of carboxylic acid groups (broad SMARTS) is 1. The largest absolute Gasteiger partial charge is 0.481 e. The number of carbonyl (C=O) groups excluding carboxylic acids is 2. The van der Waals surface area contributed by atoms with Crippen molar-refractivity contribution in [3.05, 3.63) is 59.7 Å². The predicted octanol–water partition coefficient (Wildman–Crippen LogP) is 2.44. The number of ether oxygens (including phenoxy) is 1. The number of hydroxylamine groups is 1. The smallest absolute Gasteiger partial charge is 0.407 e. The summed E-state index contributed by atoms with van der Waals surface area (Å²) in [5, 5.41) is 11.2. The van der Waals surface area contributed by atoms with E-state index < -0.39 is 24.0 Å². The Labute approximate surface area is 167 Å². The van der Waals surface area contributed by atoms with Gasteiger partial charge in [-0.1, -0.05) is 48.5 Å². The molecule has 8 heteroatoms. The number of fused-ring (bicyclic) bond motifs is 3. The molecule has 8 nitrogen and oxygen atoms in total. The molecule has 1 unspecified atom stereocenters. The van der Waals surface area contributed by atoms with E-state index in [1.807, 2.05) is 48.5 Å². The lowest BCUT2D eigenvalue weighted by Crippen LogP contribution is -2.47. The van der Waals surface area contributed by atoms with E-state index in [1.165, 1.54) is 7.11 Å². The number of carboxylic acids is 1. The third kappa shape index (κ3) is 4.72. The SMILES string of the molecule is CONC(=O)C(CCC(=O)O)NC(=O)OCC1c2ccccc2-c2ccccc21. The molecule has 0 spiro atoms. The highest BCUT2D eigenvalue weighted by molar-refractivity contribution is 5.85. The van der Waals surface area contributed by atoms with Gasteiger partial charge >= 0.3 is 12.1 Å². The van der Waals surface area contributed by atoms with Crippen LogP contribution in [0.3, 0.4) is 0 Å². The molecule has 0 radical (unpaired) electrons. The Balaban J connectivity index is 1.66. The minimum absolute atomic E-state index is 0.0886. The summed E-state index contributed by atoms with van der Waals surface area (Å²) in [5.74, 6) is -1.84. The molecule has 0 heterocycles. The van der Waals surface area contributed by atoms with Crippen molar-refractivity contribution in [1.29, 1.82) is 0 Å². The van der Waals surface area contributed by atoms with Crippen molar-refractivity contribution in [2.24, 2.45) is 0 Å².